The number of carbonyl (C=O) groups excluding carboxylic acids is 1. The van der Waals surface area contributed by atoms with Crippen molar-refractivity contribution in [3.05, 3.63) is 131 Å². The Labute approximate surface area is 245 Å². The number of nitrogens with one attached hydrogen (secondary N) is 1. The molecule has 2 aliphatic rings. The second-order valence-electron chi connectivity index (χ2n) is 11.3. The number of benzene rings is 3. The van der Waals surface area contributed by atoms with Crippen LogP contribution in [-0.4, -0.2) is 33.3 Å². The zero-order valence-electron chi connectivity index (χ0n) is 23.4. The van der Waals surface area contributed by atoms with Crippen LogP contribution in [0.4, 0.5) is 5.82 Å². The Morgan fingerprint density at radius 1 is 0.905 bits per heavy atom. The van der Waals surface area contributed by atoms with Crippen molar-refractivity contribution in [3.63, 3.8) is 0 Å². The number of carbonyl (C=O) groups is 1. The second kappa shape index (κ2) is 11.8. The Morgan fingerprint density at radius 2 is 1.69 bits per heavy atom. The number of hydrogen-bond donors (Lipinski definition) is 1. The first-order valence-electron chi connectivity index (χ1n) is 14.8. The molecule has 0 unspecified atom stereocenters. The van der Waals surface area contributed by atoms with Crippen LogP contribution in [0.5, 0.6) is 0 Å². The quantitative estimate of drug-likeness (QED) is 0.201. The molecule has 4 atom stereocenters. The molecule has 0 saturated heterocycles. The maximum atomic E-state index is 13.0. The van der Waals surface area contributed by atoms with Crippen molar-refractivity contribution >= 4 is 17.3 Å². The molecule has 0 bridgehead atoms. The first kappa shape index (κ1) is 26.4. The van der Waals surface area contributed by atoms with Gasteiger partial charge >= 0.3 is 5.97 Å². The summed E-state index contributed by atoms with van der Waals surface area (Å²) >= 11 is 0. The molecule has 1 saturated carbocycles. The summed E-state index contributed by atoms with van der Waals surface area (Å²) in [5.41, 5.74) is 6.50. The SMILES string of the molecule is O=C(O[C@H]1C[C@H](c2ccc3c(N[C@H]4CCc5ccccc54)ncnn23)C[C@@H]1COCc1ccccc1)c1ccccc1. The van der Waals surface area contributed by atoms with Gasteiger partial charge in [-0.05, 0) is 66.6 Å². The second-order valence-corrected chi connectivity index (χ2v) is 11.3. The van der Waals surface area contributed by atoms with Gasteiger partial charge in [0.15, 0.2) is 5.82 Å². The maximum Gasteiger partial charge on any atom is 0.338 e. The standard InChI is InChI=1S/C35H34N4O3/c40-35(26-12-5-2-6-13-26)42-33-20-27(19-28(33)22-41-21-24-9-3-1-4-10-24)31-17-18-32-34(36-23-37-39(31)32)38-30-16-15-25-11-7-8-14-29(25)30/h1-14,17-18,23,27-28,30,33H,15-16,19-22H2,(H,36,37,38)/t27-,28-,30+,33+/m1/s1. The molecule has 7 nitrogen and oxygen atoms in total. The molecule has 0 spiro atoms. The van der Waals surface area contributed by atoms with E-state index in [0.717, 1.165) is 41.9 Å². The summed E-state index contributed by atoms with van der Waals surface area (Å²) < 4.78 is 14.3. The molecule has 1 N–H and O–H groups in total. The van der Waals surface area contributed by atoms with Crippen LogP contribution in [0.1, 0.15) is 64.0 Å². The smallest absolute Gasteiger partial charge is 0.338 e. The predicted octanol–water partition coefficient (Wildman–Crippen LogP) is 6.76. The fourth-order valence-electron chi connectivity index (χ4n) is 6.58. The number of hydrogen-bond acceptors (Lipinski definition) is 6. The van der Waals surface area contributed by atoms with Crippen LogP contribution in [-0.2, 0) is 22.5 Å². The number of nitrogens with zero attached hydrogens (tertiary/aromatic N) is 3. The minimum absolute atomic E-state index is 0.0753. The molecule has 1 fully saturated rings. The van der Waals surface area contributed by atoms with Gasteiger partial charge in [-0.15, -0.1) is 0 Å². The van der Waals surface area contributed by atoms with Crippen molar-refractivity contribution in [2.75, 3.05) is 11.9 Å². The number of aromatic nitrogens is 3. The minimum Gasteiger partial charge on any atom is -0.458 e. The van der Waals surface area contributed by atoms with E-state index < -0.39 is 0 Å². The van der Waals surface area contributed by atoms with Gasteiger partial charge in [0.1, 0.15) is 17.9 Å². The fourth-order valence-corrected chi connectivity index (χ4v) is 6.58. The maximum absolute atomic E-state index is 13.0. The molecule has 5 aromatic rings. The van der Waals surface area contributed by atoms with Crippen LogP contribution in [0.15, 0.2) is 103 Å². The highest BCUT2D eigenvalue weighted by atomic mass is 16.5. The first-order valence-corrected chi connectivity index (χ1v) is 14.8. The molecular formula is C35H34N4O3. The molecule has 0 radical (unpaired) electrons. The van der Waals surface area contributed by atoms with Gasteiger partial charge in [0.25, 0.3) is 0 Å². The summed E-state index contributed by atoms with van der Waals surface area (Å²) in [6, 6.07) is 32.5. The summed E-state index contributed by atoms with van der Waals surface area (Å²) in [7, 11) is 0. The molecule has 2 aromatic heterocycles. The lowest BCUT2D eigenvalue weighted by Crippen LogP contribution is -2.25. The van der Waals surface area contributed by atoms with E-state index in [9.17, 15) is 4.79 Å². The highest BCUT2D eigenvalue weighted by molar-refractivity contribution is 5.89. The number of anilines is 1. The summed E-state index contributed by atoms with van der Waals surface area (Å²) in [6.07, 6.45) is 5.05. The van der Waals surface area contributed by atoms with Crippen LogP contribution < -0.4 is 5.32 Å². The zero-order valence-corrected chi connectivity index (χ0v) is 23.4. The Bertz CT molecular complexity index is 1670. The monoisotopic (exact) mass is 558 g/mol. The normalized spacial score (nSPS) is 21.3. The van der Waals surface area contributed by atoms with Gasteiger partial charge in [-0.25, -0.2) is 14.3 Å². The van der Waals surface area contributed by atoms with E-state index in [1.54, 1.807) is 18.5 Å². The highest BCUT2D eigenvalue weighted by Crippen LogP contribution is 2.42. The Kier molecular flexibility index (Phi) is 7.41. The van der Waals surface area contributed by atoms with E-state index >= 15 is 0 Å². The van der Waals surface area contributed by atoms with Gasteiger partial charge < -0.3 is 14.8 Å². The van der Waals surface area contributed by atoms with Crippen molar-refractivity contribution < 1.29 is 14.3 Å². The van der Waals surface area contributed by atoms with Crippen molar-refractivity contribution in [3.8, 4) is 0 Å². The molecule has 7 heteroatoms. The Balaban J connectivity index is 1.10. The molecule has 7 rings (SSSR count). The third-order valence-corrected chi connectivity index (χ3v) is 8.68. The average Bonchev–Trinajstić information content (AvgIpc) is 3.76. The number of rotatable bonds is 9. The largest absolute Gasteiger partial charge is 0.458 e. The highest BCUT2D eigenvalue weighted by Gasteiger charge is 2.39. The average molecular weight is 559 g/mol. The van der Waals surface area contributed by atoms with Gasteiger partial charge in [-0.2, -0.15) is 5.10 Å². The third-order valence-electron chi connectivity index (χ3n) is 8.68. The third kappa shape index (κ3) is 5.40. The summed E-state index contributed by atoms with van der Waals surface area (Å²) in [5, 5.41) is 8.34. The van der Waals surface area contributed by atoms with Gasteiger partial charge in [0.05, 0.1) is 24.8 Å². The molecule has 0 aliphatic heterocycles. The number of ether oxygens (including phenoxy) is 2. The number of aryl methyl sites for hydroxylation is 1. The van der Waals surface area contributed by atoms with Crippen molar-refractivity contribution in [2.24, 2.45) is 5.92 Å². The van der Waals surface area contributed by atoms with Crippen molar-refractivity contribution in [2.45, 2.75) is 50.4 Å². The summed E-state index contributed by atoms with van der Waals surface area (Å²) in [4.78, 5) is 17.7. The van der Waals surface area contributed by atoms with Gasteiger partial charge in [0, 0.05) is 17.5 Å². The van der Waals surface area contributed by atoms with E-state index in [2.05, 4.69) is 63.9 Å². The lowest BCUT2D eigenvalue weighted by Gasteiger charge is -2.20. The molecule has 3 aromatic carbocycles. The van der Waals surface area contributed by atoms with E-state index in [0.29, 0.717) is 25.2 Å². The number of fused-ring (bicyclic) bond motifs is 2. The van der Waals surface area contributed by atoms with Crippen LogP contribution in [0.25, 0.3) is 5.52 Å². The molecule has 2 aliphatic carbocycles. The fraction of sp³-hybridized carbons (Fsp3) is 0.286. The molecule has 2 heterocycles. The van der Waals surface area contributed by atoms with Crippen molar-refractivity contribution in [1.29, 1.82) is 0 Å². The van der Waals surface area contributed by atoms with Crippen LogP contribution in [0, 0.1) is 5.92 Å². The van der Waals surface area contributed by atoms with Crippen LogP contribution in [0.2, 0.25) is 0 Å². The molecule has 0 amide bonds. The van der Waals surface area contributed by atoms with Crippen LogP contribution in [0.3, 0.4) is 0 Å². The Hall–Kier alpha value is -4.49. The van der Waals surface area contributed by atoms with Gasteiger partial charge in [-0.3, -0.25) is 0 Å². The van der Waals surface area contributed by atoms with Crippen molar-refractivity contribution in [1.82, 2.24) is 14.6 Å². The van der Waals surface area contributed by atoms with Crippen LogP contribution >= 0.6 is 0 Å². The molecule has 212 valence electrons. The van der Waals surface area contributed by atoms with E-state index in [-0.39, 0.29) is 30.0 Å². The van der Waals surface area contributed by atoms with E-state index in [1.807, 2.05) is 40.9 Å². The van der Waals surface area contributed by atoms with Gasteiger partial charge in [0.2, 0.25) is 0 Å². The van der Waals surface area contributed by atoms with Gasteiger partial charge in [-0.1, -0.05) is 72.8 Å². The molecule has 42 heavy (non-hydrogen) atoms. The lowest BCUT2D eigenvalue weighted by molar-refractivity contribution is -0.000555. The predicted molar refractivity (Wildman–Crippen MR) is 161 cm³/mol. The zero-order chi connectivity index (χ0) is 28.3. The Morgan fingerprint density at radius 3 is 2.55 bits per heavy atom. The van der Waals surface area contributed by atoms with E-state index in [4.69, 9.17) is 9.47 Å². The molecular weight excluding hydrogens is 524 g/mol. The first-order chi connectivity index (χ1) is 20.7. The lowest BCUT2D eigenvalue weighted by atomic mass is 10.0. The summed E-state index contributed by atoms with van der Waals surface area (Å²) in [5.74, 6) is 0.790. The number of esters is 1. The topological polar surface area (TPSA) is 77.8 Å². The van der Waals surface area contributed by atoms with E-state index in [1.165, 1.54) is 11.1 Å². The summed E-state index contributed by atoms with van der Waals surface area (Å²) in [6.45, 7) is 1.05. The minimum atomic E-state index is -0.292.